The van der Waals surface area contributed by atoms with Gasteiger partial charge in [0.15, 0.2) is 0 Å². The van der Waals surface area contributed by atoms with Crippen molar-refractivity contribution in [2.24, 2.45) is 0 Å². The minimum atomic E-state index is -3.40. The molecule has 1 aromatic carbocycles. The second-order valence-corrected chi connectivity index (χ2v) is 5.96. The topological polar surface area (TPSA) is 58.2 Å². The zero-order valence-corrected chi connectivity index (χ0v) is 10.3. The van der Waals surface area contributed by atoms with Crippen LogP contribution in [-0.4, -0.2) is 28.2 Å². The van der Waals surface area contributed by atoms with Crippen molar-refractivity contribution in [2.75, 3.05) is 13.7 Å². The highest BCUT2D eigenvalue weighted by Crippen LogP contribution is 2.21. The fourth-order valence-corrected chi connectivity index (χ4v) is 2.73. The van der Waals surface area contributed by atoms with E-state index in [4.69, 9.17) is 0 Å². The van der Waals surface area contributed by atoms with Gasteiger partial charge in [-0.25, -0.2) is 17.5 Å². The molecule has 0 saturated carbocycles. The Hall–Kier alpha value is -0.980. The molecule has 17 heavy (non-hydrogen) atoms. The average Bonchev–Trinajstić information content (AvgIpc) is 2.37. The molecule has 0 aromatic heterocycles. The predicted molar refractivity (Wildman–Crippen MR) is 63.0 cm³/mol. The van der Waals surface area contributed by atoms with Gasteiger partial charge in [-0.3, -0.25) is 0 Å². The van der Waals surface area contributed by atoms with Gasteiger partial charge < -0.3 is 5.32 Å². The second kappa shape index (κ2) is 4.72. The molecule has 1 atom stereocenters. The Morgan fingerprint density at radius 2 is 2.24 bits per heavy atom. The van der Waals surface area contributed by atoms with Gasteiger partial charge in [-0.2, -0.15) is 0 Å². The summed E-state index contributed by atoms with van der Waals surface area (Å²) >= 11 is 0. The van der Waals surface area contributed by atoms with Gasteiger partial charge in [0.25, 0.3) is 0 Å². The number of hydrogen-bond acceptors (Lipinski definition) is 3. The van der Waals surface area contributed by atoms with Gasteiger partial charge in [-0.15, -0.1) is 0 Å². The molecule has 1 aromatic rings. The van der Waals surface area contributed by atoms with E-state index in [-0.39, 0.29) is 10.9 Å². The molecular formula is C11H15FN2O2S. The molecule has 0 aliphatic carbocycles. The van der Waals surface area contributed by atoms with Crippen molar-refractivity contribution < 1.29 is 12.8 Å². The predicted octanol–water partition coefficient (Wildman–Crippen LogP) is 0.578. The quantitative estimate of drug-likeness (QED) is 0.833. The largest absolute Gasteiger partial charge is 0.307 e. The zero-order chi connectivity index (χ0) is 12.5. The number of rotatable bonds is 3. The molecule has 94 valence electrons. The van der Waals surface area contributed by atoms with Crippen LogP contribution in [0, 0.1) is 0 Å². The van der Waals surface area contributed by atoms with Crippen molar-refractivity contribution in [3.63, 3.8) is 0 Å². The molecule has 4 nitrogen and oxygen atoms in total. The standard InChI is InChI=1S/C11H15FN2O2S/c1-13-17(15,16)11-3-2-8-4-10(6-12)14-7-9(8)5-11/h2-3,5,10,13-14H,4,6-7H2,1H3/t10-/m0/s1. The molecule has 0 unspecified atom stereocenters. The smallest absolute Gasteiger partial charge is 0.240 e. The third-order valence-corrected chi connectivity index (χ3v) is 4.40. The van der Waals surface area contributed by atoms with Gasteiger partial charge >= 0.3 is 0 Å². The molecule has 1 heterocycles. The lowest BCUT2D eigenvalue weighted by molar-refractivity contribution is 0.358. The summed E-state index contributed by atoms with van der Waals surface area (Å²) in [6.07, 6.45) is 0.603. The zero-order valence-electron chi connectivity index (χ0n) is 9.53. The first-order valence-corrected chi connectivity index (χ1v) is 6.90. The van der Waals surface area contributed by atoms with Crippen LogP contribution in [0.15, 0.2) is 23.1 Å². The number of alkyl halides is 1. The van der Waals surface area contributed by atoms with Crippen molar-refractivity contribution in [3.8, 4) is 0 Å². The Labute approximate surface area is 100 Å². The number of halogens is 1. The molecule has 2 N–H and O–H groups in total. The highest BCUT2D eigenvalue weighted by Gasteiger charge is 2.20. The molecule has 0 radical (unpaired) electrons. The summed E-state index contributed by atoms with van der Waals surface area (Å²) in [7, 11) is -2.02. The van der Waals surface area contributed by atoms with Gasteiger partial charge in [-0.05, 0) is 36.7 Å². The molecule has 0 saturated heterocycles. The third kappa shape index (κ3) is 2.48. The third-order valence-electron chi connectivity index (χ3n) is 2.99. The lowest BCUT2D eigenvalue weighted by atomic mass is 9.96. The number of sulfonamides is 1. The number of nitrogens with one attached hydrogen (secondary N) is 2. The molecule has 0 amide bonds. The summed E-state index contributed by atoms with van der Waals surface area (Å²) in [5.74, 6) is 0. The van der Waals surface area contributed by atoms with E-state index in [1.54, 1.807) is 18.2 Å². The van der Waals surface area contributed by atoms with Gasteiger partial charge in [0.2, 0.25) is 10.0 Å². The Morgan fingerprint density at radius 1 is 1.47 bits per heavy atom. The summed E-state index contributed by atoms with van der Waals surface area (Å²) in [6, 6.07) is 4.81. The van der Waals surface area contributed by atoms with E-state index < -0.39 is 16.7 Å². The van der Waals surface area contributed by atoms with Crippen LogP contribution in [0.2, 0.25) is 0 Å². The van der Waals surface area contributed by atoms with Crippen LogP contribution < -0.4 is 10.0 Å². The monoisotopic (exact) mass is 258 g/mol. The second-order valence-electron chi connectivity index (χ2n) is 4.07. The average molecular weight is 258 g/mol. The van der Waals surface area contributed by atoms with Crippen LogP contribution in [0.4, 0.5) is 4.39 Å². The van der Waals surface area contributed by atoms with Crippen LogP contribution in [0.25, 0.3) is 0 Å². The first kappa shape index (κ1) is 12.5. The SMILES string of the molecule is CNS(=O)(=O)c1ccc2c(c1)CN[C@H](CF)C2. The Kier molecular flexibility index (Phi) is 3.46. The summed E-state index contributed by atoms with van der Waals surface area (Å²) < 4.78 is 38.0. The fourth-order valence-electron chi connectivity index (χ4n) is 1.95. The van der Waals surface area contributed by atoms with Crippen molar-refractivity contribution >= 4 is 10.0 Å². The molecule has 0 spiro atoms. The summed E-state index contributed by atoms with van der Waals surface area (Å²) in [5.41, 5.74) is 1.94. The van der Waals surface area contributed by atoms with Crippen LogP contribution >= 0.6 is 0 Å². The van der Waals surface area contributed by atoms with E-state index in [2.05, 4.69) is 10.0 Å². The van der Waals surface area contributed by atoms with Gasteiger partial charge in [0.1, 0.15) is 6.67 Å². The molecule has 2 rings (SSSR count). The lowest BCUT2D eigenvalue weighted by Gasteiger charge is -2.24. The van der Waals surface area contributed by atoms with Crippen molar-refractivity contribution in [2.45, 2.75) is 23.9 Å². The number of benzene rings is 1. The first-order valence-electron chi connectivity index (χ1n) is 5.41. The normalized spacial score (nSPS) is 20.0. The lowest BCUT2D eigenvalue weighted by Crippen LogP contribution is -2.37. The van der Waals surface area contributed by atoms with Crippen LogP contribution in [0.5, 0.6) is 0 Å². The van der Waals surface area contributed by atoms with Gasteiger partial charge in [0.05, 0.1) is 4.90 Å². The molecule has 1 aliphatic rings. The maximum atomic E-state index is 12.5. The fraction of sp³-hybridized carbons (Fsp3) is 0.455. The van der Waals surface area contributed by atoms with E-state index >= 15 is 0 Å². The Morgan fingerprint density at radius 3 is 2.88 bits per heavy atom. The van der Waals surface area contributed by atoms with Gasteiger partial charge in [0, 0.05) is 12.6 Å². The van der Waals surface area contributed by atoms with E-state index in [0.717, 1.165) is 11.1 Å². The van der Waals surface area contributed by atoms with E-state index in [9.17, 15) is 12.8 Å². The highest BCUT2D eigenvalue weighted by molar-refractivity contribution is 7.89. The summed E-state index contributed by atoms with van der Waals surface area (Å²) in [5, 5.41) is 3.03. The minimum Gasteiger partial charge on any atom is -0.307 e. The maximum Gasteiger partial charge on any atom is 0.240 e. The number of fused-ring (bicyclic) bond motifs is 1. The number of hydrogen-bond donors (Lipinski definition) is 2. The van der Waals surface area contributed by atoms with E-state index in [1.165, 1.54) is 7.05 Å². The van der Waals surface area contributed by atoms with E-state index in [0.29, 0.717) is 13.0 Å². The first-order chi connectivity index (χ1) is 8.06. The Bertz CT molecular complexity index is 516. The summed E-state index contributed by atoms with van der Waals surface area (Å²) in [4.78, 5) is 0.249. The van der Waals surface area contributed by atoms with Crippen LogP contribution in [0.1, 0.15) is 11.1 Å². The van der Waals surface area contributed by atoms with Gasteiger partial charge in [-0.1, -0.05) is 6.07 Å². The molecule has 6 heteroatoms. The molecule has 0 bridgehead atoms. The molecular weight excluding hydrogens is 243 g/mol. The summed E-state index contributed by atoms with van der Waals surface area (Å²) in [6.45, 7) is 0.104. The van der Waals surface area contributed by atoms with E-state index in [1.807, 2.05) is 0 Å². The van der Waals surface area contributed by atoms with Crippen LogP contribution in [-0.2, 0) is 23.0 Å². The highest BCUT2D eigenvalue weighted by atomic mass is 32.2. The Balaban J connectivity index is 2.34. The van der Waals surface area contributed by atoms with Crippen molar-refractivity contribution in [1.29, 1.82) is 0 Å². The van der Waals surface area contributed by atoms with Crippen LogP contribution in [0.3, 0.4) is 0 Å². The van der Waals surface area contributed by atoms with Crippen molar-refractivity contribution in [1.82, 2.24) is 10.0 Å². The minimum absolute atomic E-state index is 0.158. The molecule has 1 aliphatic heterocycles. The van der Waals surface area contributed by atoms with Crippen molar-refractivity contribution in [3.05, 3.63) is 29.3 Å². The molecule has 0 fully saturated rings. The maximum absolute atomic E-state index is 12.5.